The van der Waals surface area contributed by atoms with E-state index in [4.69, 9.17) is 19.4 Å². The molecule has 2 aromatic heterocycles. The first-order valence-corrected chi connectivity index (χ1v) is 13.7. The van der Waals surface area contributed by atoms with E-state index in [1.54, 1.807) is 13.3 Å². The SMILES string of the molecule is COc1cccc(-c2nc3c(c(SCC(=O)Nc4ccc(C(C)C)cc4)n2)Cc2c(CO)cnc(C)c2O3)c1. The molecule has 0 saturated carbocycles. The highest BCUT2D eigenvalue weighted by atomic mass is 32.2. The van der Waals surface area contributed by atoms with E-state index in [0.29, 0.717) is 51.8 Å². The van der Waals surface area contributed by atoms with Crippen molar-refractivity contribution in [1.82, 2.24) is 15.0 Å². The monoisotopic (exact) mass is 542 g/mol. The summed E-state index contributed by atoms with van der Waals surface area (Å²) in [6.45, 7) is 5.98. The Morgan fingerprint density at radius 3 is 2.67 bits per heavy atom. The van der Waals surface area contributed by atoms with Crippen LogP contribution >= 0.6 is 11.8 Å². The van der Waals surface area contributed by atoms with Crippen LogP contribution in [-0.4, -0.2) is 38.8 Å². The van der Waals surface area contributed by atoms with E-state index in [-0.39, 0.29) is 18.3 Å². The molecule has 0 saturated heterocycles. The smallest absolute Gasteiger partial charge is 0.234 e. The third kappa shape index (κ3) is 5.74. The van der Waals surface area contributed by atoms with Gasteiger partial charge in [-0.1, -0.05) is 49.9 Å². The first kappa shape index (κ1) is 26.6. The summed E-state index contributed by atoms with van der Waals surface area (Å²) in [5.41, 5.74) is 5.76. The molecule has 9 heteroatoms. The molecule has 2 N–H and O–H groups in total. The number of aliphatic hydroxyl groups is 1. The highest BCUT2D eigenvalue weighted by molar-refractivity contribution is 8.00. The molecule has 4 aromatic rings. The first-order valence-electron chi connectivity index (χ1n) is 12.7. The highest BCUT2D eigenvalue weighted by Gasteiger charge is 2.28. The number of pyridine rings is 1. The van der Waals surface area contributed by atoms with E-state index in [0.717, 1.165) is 22.4 Å². The van der Waals surface area contributed by atoms with Gasteiger partial charge in [0.15, 0.2) is 11.6 Å². The second-order valence-electron chi connectivity index (χ2n) is 9.60. The normalized spacial score (nSPS) is 11.9. The zero-order chi connectivity index (χ0) is 27.5. The van der Waals surface area contributed by atoms with Gasteiger partial charge in [0.1, 0.15) is 10.8 Å². The van der Waals surface area contributed by atoms with Crippen LogP contribution in [0.3, 0.4) is 0 Å². The van der Waals surface area contributed by atoms with Crippen molar-refractivity contribution in [2.24, 2.45) is 0 Å². The van der Waals surface area contributed by atoms with Crippen LogP contribution in [0.2, 0.25) is 0 Å². The molecule has 0 unspecified atom stereocenters. The molecule has 0 fully saturated rings. The molecule has 1 aliphatic rings. The average molecular weight is 543 g/mol. The number of aromatic nitrogens is 3. The van der Waals surface area contributed by atoms with Crippen LogP contribution in [0, 0.1) is 6.92 Å². The summed E-state index contributed by atoms with van der Waals surface area (Å²) in [5.74, 6) is 2.61. The molecular weight excluding hydrogens is 512 g/mol. The fourth-order valence-electron chi connectivity index (χ4n) is 4.39. The van der Waals surface area contributed by atoms with Crippen LogP contribution in [0.15, 0.2) is 59.8 Å². The number of hydrogen-bond donors (Lipinski definition) is 2. The third-order valence-corrected chi connectivity index (χ3v) is 7.60. The second-order valence-corrected chi connectivity index (χ2v) is 10.6. The molecule has 0 atom stereocenters. The fourth-order valence-corrected chi connectivity index (χ4v) is 5.21. The molecule has 3 heterocycles. The van der Waals surface area contributed by atoms with Crippen molar-refractivity contribution in [2.45, 2.75) is 44.7 Å². The summed E-state index contributed by atoms with van der Waals surface area (Å²) in [5, 5.41) is 13.5. The largest absolute Gasteiger partial charge is 0.497 e. The lowest BCUT2D eigenvalue weighted by atomic mass is 9.99. The predicted octanol–water partition coefficient (Wildman–Crippen LogP) is 5.90. The molecule has 0 spiro atoms. The molecule has 0 radical (unpaired) electrons. The molecule has 1 amide bonds. The Morgan fingerprint density at radius 2 is 1.95 bits per heavy atom. The van der Waals surface area contributed by atoms with Crippen LogP contribution in [-0.2, 0) is 17.8 Å². The van der Waals surface area contributed by atoms with Crippen molar-refractivity contribution in [1.29, 1.82) is 0 Å². The van der Waals surface area contributed by atoms with E-state index in [9.17, 15) is 9.90 Å². The van der Waals surface area contributed by atoms with Gasteiger partial charge >= 0.3 is 0 Å². The van der Waals surface area contributed by atoms with Gasteiger partial charge in [0.05, 0.1) is 30.7 Å². The Balaban J connectivity index is 1.46. The molecule has 0 aliphatic carbocycles. The van der Waals surface area contributed by atoms with Gasteiger partial charge in [0, 0.05) is 35.0 Å². The number of carbonyl (C=O) groups excluding carboxylic acids is 1. The molecule has 8 nitrogen and oxygen atoms in total. The van der Waals surface area contributed by atoms with Gasteiger partial charge < -0.3 is 19.9 Å². The van der Waals surface area contributed by atoms with Crippen LogP contribution in [0.1, 0.15) is 47.7 Å². The highest BCUT2D eigenvalue weighted by Crippen LogP contribution is 2.42. The number of ether oxygens (including phenoxy) is 2. The number of anilines is 1. The maximum absolute atomic E-state index is 12.9. The first-order chi connectivity index (χ1) is 18.9. The number of amides is 1. The van der Waals surface area contributed by atoms with Crippen molar-refractivity contribution < 1.29 is 19.4 Å². The van der Waals surface area contributed by atoms with E-state index in [2.05, 4.69) is 24.1 Å². The summed E-state index contributed by atoms with van der Waals surface area (Å²) in [7, 11) is 1.61. The number of nitrogens with one attached hydrogen (secondary N) is 1. The predicted molar refractivity (Wildman–Crippen MR) is 152 cm³/mol. The Hall–Kier alpha value is -3.95. The van der Waals surface area contributed by atoms with Gasteiger partial charge in [-0.15, -0.1) is 0 Å². The van der Waals surface area contributed by atoms with Crippen LogP contribution in [0.4, 0.5) is 5.69 Å². The average Bonchev–Trinajstić information content (AvgIpc) is 2.95. The van der Waals surface area contributed by atoms with Crippen LogP contribution < -0.4 is 14.8 Å². The summed E-state index contributed by atoms with van der Waals surface area (Å²) >= 11 is 1.33. The lowest BCUT2D eigenvalue weighted by Gasteiger charge is -2.24. The molecule has 5 rings (SSSR count). The summed E-state index contributed by atoms with van der Waals surface area (Å²) in [4.78, 5) is 26.9. The van der Waals surface area contributed by atoms with Gasteiger partial charge in [0.25, 0.3) is 0 Å². The summed E-state index contributed by atoms with van der Waals surface area (Å²) in [6, 6.07) is 15.4. The van der Waals surface area contributed by atoms with Gasteiger partial charge in [-0.05, 0) is 42.7 Å². The lowest BCUT2D eigenvalue weighted by Crippen LogP contribution is -2.16. The number of aliphatic hydroxyl groups excluding tert-OH is 1. The molecule has 2 aromatic carbocycles. The fraction of sp³-hybridized carbons (Fsp3) is 0.267. The quantitative estimate of drug-likeness (QED) is 0.184. The number of fused-ring (bicyclic) bond motifs is 2. The molecule has 0 bridgehead atoms. The number of thioether (sulfide) groups is 1. The molecule has 1 aliphatic heterocycles. The van der Waals surface area contributed by atoms with E-state index in [1.165, 1.54) is 17.3 Å². The number of nitrogens with zero attached hydrogens (tertiary/aromatic N) is 3. The van der Waals surface area contributed by atoms with E-state index < -0.39 is 0 Å². The van der Waals surface area contributed by atoms with Crippen molar-refractivity contribution in [3.63, 3.8) is 0 Å². The van der Waals surface area contributed by atoms with E-state index in [1.807, 2.05) is 55.5 Å². The van der Waals surface area contributed by atoms with Crippen LogP contribution in [0.5, 0.6) is 17.4 Å². The Bertz CT molecular complexity index is 1520. The van der Waals surface area contributed by atoms with Crippen LogP contribution in [0.25, 0.3) is 11.4 Å². The number of carbonyl (C=O) groups is 1. The topological polar surface area (TPSA) is 106 Å². The second kappa shape index (κ2) is 11.4. The number of rotatable bonds is 8. The van der Waals surface area contributed by atoms with Crippen molar-refractivity contribution in [2.75, 3.05) is 18.2 Å². The molecule has 39 heavy (non-hydrogen) atoms. The maximum Gasteiger partial charge on any atom is 0.234 e. The zero-order valence-electron chi connectivity index (χ0n) is 22.3. The molecular formula is C30H30N4O4S. The number of hydrogen-bond acceptors (Lipinski definition) is 8. The van der Waals surface area contributed by atoms with E-state index >= 15 is 0 Å². The van der Waals surface area contributed by atoms with Crippen molar-refractivity contribution in [3.05, 3.63) is 82.7 Å². The number of methoxy groups -OCH3 is 1. The third-order valence-electron chi connectivity index (χ3n) is 6.59. The minimum Gasteiger partial charge on any atom is -0.497 e. The van der Waals surface area contributed by atoms with Gasteiger partial charge in [0.2, 0.25) is 11.8 Å². The summed E-state index contributed by atoms with van der Waals surface area (Å²) in [6.07, 6.45) is 2.13. The summed E-state index contributed by atoms with van der Waals surface area (Å²) < 4.78 is 11.7. The van der Waals surface area contributed by atoms with Crippen molar-refractivity contribution >= 4 is 23.4 Å². The minimum atomic E-state index is -0.155. The minimum absolute atomic E-state index is 0.138. The number of aryl methyl sites for hydroxylation is 1. The Kier molecular flexibility index (Phi) is 7.81. The Labute approximate surface area is 231 Å². The number of benzene rings is 2. The van der Waals surface area contributed by atoms with Gasteiger partial charge in [-0.3, -0.25) is 9.78 Å². The van der Waals surface area contributed by atoms with Gasteiger partial charge in [-0.25, -0.2) is 4.98 Å². The lowest BCUT2D eigenvalue weighted by molar-refractivity contribution is -0.113. The Morgan fingerprint density at radius 1 is 1.15 bits per heavy atom. The van der Waals surface area contributed by atoms with Gasteiger partial charge in [-0.2, -0.15) is 4.98 Å². The molecule has 200 valence electrons. The zero-order valence-corrected chi connectivity index (χ0v) is 23.1. The maximum atomic E-state index is 12.9. The van der Waals surface area contributed by atoms with Crippen molar-refractivity contribution in [3.8, 4) is 28.8 Å². The standard InChI is InChI=1S/C30H30N4O4S/c1-17(2)19-8-10-22(11-9-19)32-26(36)16-39-30-25-13-24-21(15-35)14-31-18(3)27(24)38-29(25)33-28(34-30)20-6-5-7-23(12-20)37-4/h5-12,14,17,35H,13,15-16H2,1-4H3,(H,32,36).